The van der Waals surface area contributed by atoms with Crippen LogP contribution in [0.3, 0.4) is 0 Å². The third-order valence-corrected chi connectivity index (χ3v) is 3.19. The van der Waals surface area contributed by atoms with E-state index in [-0.39, 0.29) is 11.0 Å². The van der Waals surface area contributed by atoms with Gasteiger partial charge in [0.2, 0.25) is 0 Å². The van der Waals surface area contributed by atoms with Crippen molar-refractivity contribution in [1.82, 2.24) is 4.98 Å². The SMILES string of the molecule is COc1ccc(-c2cc(F)c[nH]c2=O)cc1C(C)(C)C. The van der Waals surface area contributed by atoms with E-state index in [1.54, 1.807) is 19.2 Å². The van der Waals surface area contributed by atoms with Crippen molar-refractivity contribution in [3.63, 3.8) is 0 Å². The standard InChI is InChI=1S/C16H18FNO2/c1-16(2,3)13-7-10(5-6-14(13)20-4)12-8-11(17)9-18-15(12)19/h5-9H,1-4H3,(H,18,19). The lowest BCUT2D eigenvalue weighted by atomic mass is 9.84. The molecule has 1 aromatic carbocycles. The summed E-state index contributed by atoms with van der Waals surface area (Å²) in [5, 5.41) is 0. The third kappa shape index (κ3) is 2.74. The maximum atomic E-state index is 13.3. The predicted octanol–water partition coefficient (Wildman–Crippen LogP) is 3.49. The van der Waals surface area contributed by atoms with Crippen LogP contribution < -0.4 is 10.3 Å². The van der Waals surface area contributed by atoms with Gasteiger partial charge in [-0.15, -0.1) is 0 Å². The number of benzene rings is 1. The summed E-state index contributed by atoms with van der Waals surface area (Å²) in [5.74, 6) is 0.293. The van der Waals surface area contributed by atoms with E-state index in [4.69, 9.17) is 4.74 Å². The minimum absolute atomic E-state index is 0.137. The molecule has 0 atom stereocenters. The molecule has 1 N–H and O–H groups in total. The van der Waals surface area contributed by atoms with Crippen molar-refractivity contribution in [1.29, 1.82) is 0 Å². The number of nitrogens with one attached hydrogen (secondary N) is 1. The molecule has 0 bridgehead atoms. The Balaban J connectivity index is 2.65. The molecule has 0 aliphatic heterocycles. The van der Waals surface area contributed by atoms with Crippen LogP contribution in [-0.2, 0) is 5.41 Å². The lowest BCUT2D eigenvalue weighted by Crippen LogP contribution is -2.14. The Kier molecular flexibility index (Phi) is 3.66. The quantitative estimate of drug-likeness (QED) is 0.911. The average Bonchev–Trinajstić information content (AvgIpc) is 2.40. The molecule has 1 aromatic heterocycles. The minimum atomic E-state index is -0.465. The highest BCUT2D eigenvalue weighted by atomic mass is 19.1. The van der Waals surface area contributed by atoms with Gasteiger partial charge in [-0.1, -0.05) is 26.8 Å². The van der Waals surface area contributed by atoms with Gasteiger partial charge in [0.05, 0.1) is 7.11 Å². The summed E-state index contributed by atoms with van der Waals surface area (Å²) in [4.78, 5) is 14.2. The van der Waals surface area contributed by atoms with Crippen LogP contribution in [0.1, 0.15) is 26.3 Å². The van der Waals surface area contributed by atoms with E-state index in [0.717, 1.165) is 17.5 Å². The number of H-pyrrole nitrogens is 1. The Hall–Kier alpha value is -2.10. The summed E-state index contributed by atoms with van der Waals surface area (Å²) in [6, 6.07) is 6.69. The Labute approximate surface area is 117 Å². The van der Waals surface area contributed by atoms with Gasteiger partial charge in [0.1, 0.15) is 11.6 Å². The van der Waals surface area contributed by atoms with Crippen LogP contribution in [0.15, 0.2) is 35.3 Å². The van der Waals surface area contributed by atoms with Gasteiger partial charge in [-0.3, -0.25) is 4.79 Å². The molecule has 20 heavy (non-hydrogen) atoms. The van der Waals surface area contributed by atoms with Crippen LogP contribution in [-0.4, -0.2) is 12.1 Å². The van der Waals surface area contributed by atoms with Crippen molar-refractivity contribution < 1.29 is 9.13 Å². The van der Waals surface area contributed by atoms with Gasteiger partial charge in [0.25, 0.3) is 5.56 Å². The minimum Gasteiger partial charge on any atom is -0.496 e. The number of ether oxygens (including phenoxy) is 1. The first-order valence-corrected chi connectivity index (χ1v) is 6.40. The second-order valence-corrected chi connectivity index (χ2v) is 5.73. The molecule has 0 amide bonds. The molecule has 106 valence electrons. The highest BCUT2D eigenvalue weighted by molar-refractivity contribution is 5.65. The largest absolute Gasteiger partial charge is 0.496 e. The fourth-order valence-electron chi connectivity index (χ4n) is 2.13. The van der Waals surface area contributed by atoms with Crippen LogP contribution in [0, 0.1) is 5.82 Å². The highest BCUT2D eigenvalue weighted by Gasteiger charge is 2.20. The first kappa shape index (κ1) is 14.3. The molecule has 0 fully saturated rings. The molecule has 0 saturated carbocycles. The number of methoxy groups -OCH3 is 1. The van der Waals surface area contributed by atoms with Crippen LogP contribution in [0.5, 0.6) is 5.75 Å². The van der Waals surface area contributed by atoms with Crippen LogP contribution >= 0.6 is 0 Å². The lowest BCUT2D eigenvalue weighted by molar-refractivity contribution is 0.397. The number of hydrogen-bond acceptors (Lipinski definition) is 2. The number of pyridine rings is 1. The molecule has 1 heterocycles. The average molecular weight is 275 g/mol. The monoisotopic (exact) mass is 275 g/mol. The van der Waals surface area contributed by atoms with E-state index >= 15 is 0 Å². The zero-order chi connectivity index (χ0) is 14.9. The number of halogens is 1. The summed E-state index contributed by atoms with van der Waals surface area (Å²) in [6.45, 7) is 6.18. The number of hydrogen-bond donors (Lipinski definition) is 1. The van der Waals surface area contributed by atoms with E-state index in [2.05, 4.69) is 25.8 Å². The zero-order valence-electron chi connectivity index (χ0n) is 12.1. The van der Waals surface area contributed by atoms with Gasteiger partial charge in [-0.2, -0.15) is 0 Å². The summed E-state index contributed by atoms with van der Waals surface area (Å²) in [6.07, 6.45) is 1.06. The summed E-state index contributed by atoms with van der Waals surface area (Å²) < 4.78 is 18.7. The van der Waals surface area contributed by atoms with E-state index in [0.29, 0.717) is 11.1 Å². The summed E-state index contributed by atoms with van der Waals surface area (Å²) in [7, 11) is 1.61. The van der Waals surface area contributed by atoms with Gasteiger partial charge in [0, 0.05) is 17.3 Å². The van der Waals surface area contributed by atoms with Gasteiger partial charge in [0.15, 0.2) is 0 Å². The van der Waals surface area contributed by atoms with Crippen molar-refractivity contribution in [2.24, 2.45) is 0 Å². The molecular weight excluding hydrogens is 257 g/mol. The lowest BCUT2D eigenvalue weighted by Gasteiger charge is -2.22. The van der Waals surface area contributed by atoms with Gasteiger partial charge in [-0.25, -0.2) is 4.39 Å². The first-order chi connectivity index (χ1) is 9.32. The number of aromatic amines is 1. The summed E-state index contributed by atoms with van der Waals surface area (Å²) >= 11 is 0. The third-order valence-electron chi connectivity index (χ3n) is 3.19. The summed E-state index contributed by atoms with van der Waals surface area (Å²) in [5.41, 5.74) is 1.52. The van der Waals surface area contributed by atoms with Crippen molar-refractivity contribution in [2.45, 2.75) is 26.2 Å². The highest BCUT2D eigenvalue weighted by Crippen LogP contribution is 2.34. The van der Waals surface area contributed by atoms with Crippen LogP contribution in [0.2, 0.25) is 0 Å². The fraction of sp³-hybridized carbons (Fsp3) is 0.312. The Morgan fingerprint density at radius 1 is 1.20 bits per heavy atom. The van der Waals surface area contributed by atoms with Crippen molar-refractivity contribution in [3.05, 3.63) is 52.2 Å². The number of rotatable bonds is 2. The van der Waals surface area contributed by atoms with Crippen LogP contribution in [0.4, 0.5) is 4.39 Å². The molecule has 0 aliphatic rings. The maximum Gasteiger partial charge on any atom is 0.256 e. The second-order valence-electron chi connectivity index (χ2n) is 5.73. The molecule has 0 radical (unpaired) electrons. The fourth-order valence-corrected chi connectivity index (χ4v) is 2.13. The second kappa shape index (κ2) is 5.12. The molecule has 0 unspecified atom stereocenters. The van der Waals surface area contributed by atoms with Crippen molar-refractivity contribution in [3.8, 4) is 16.9 Å². The van der Waals surface area contributed by atoms with Crippen LogP contribution in [0.25, 0.3) is 11.1 Å². The first-order valence-electron chi connectivity index (χ1n) is 6.40. The number of aromatic nitrogens is 1. The van der Waals surface area contributed by atoms with Gasteiger partial charge >= 0.3 is 0 Å². The Bertz CT molecular complexity index is 684. The van der Waals surface area contributed by atoms with E-state index in [1.165, 1.54) is 6.07 Å². The van der Waals surface area contributed by atoms with Gasteiger partial charge < -0.3 is 9.72 Å². The molecule has 2 rings (SSSR count). The Morgan fingerprint density at radius 3 is 2.50 bits per heavy atom. The van der Waals surface area contributed by atoms with E-state index in [9.17, 15) is 9.18 Å². The van der Waals surface area contributed by atoms with Crippen molar-refractivity contribution in [2.75, 3.05) is 7.11 Å². The molecule has 2 aromatic rings. The Morgan fingerprint density at radius 2 is 1.90 bits per heavy atom. The van der Waals surface area contributed by atoms with Crippen molar-refractivity contribution >= 4 is 0 Å². The van der Waals surface area contributed by atoms with E-state index in [1.807, 2.05) is 6.07 Å². The maximum absolute atomic E-state index is 13.3. The molecule has 0 spiro atoms. The molecular formula is C16H18FNO2. The molecule has 3 nitrogen and oxygen atoms in total. The smallest absolute Gasteiger partial charge is 0.256 e. The normalized spacial score (nSPS) is 11.4. The molecule has 4 heteroatoms. The predicted molar refractivity (Wildman–Crippen MR) is 77.7 cm³/mol. The van der Waals surface area contributed by atoms with E-state index < -0.39 is 5.82 Å². The topological polar surface area (TPSA) is 42.1 Å². The zero-order valence-corrected chi connectivity index (χ0v) is 12.1. The molecule has 0 saturated heterocycles. The molecule has 0 aliphatic carbocycles. The van der Waals surface area contributed by atoms with Gasteiger partial charge in [-0.05, 0) is 29.2 Å².